The van der Waals surface area contributed by atoms with E-state index in [1.54, 1.807) is 6.07 Å². The molecule has 0 aliphatic carbocycles. The first kappa shape index (κ1) is 15.0. The van der Waals surface area contributed by atoms with Crippen molar-refractivity contribution in [2.24, 2.45) is 5.92 Å². The highest BCUT2D eigenvalue weighted by Crippen LogP contribution is 2.33. The van der Waals surface area contributed by atoms with Crippen molar-refractivity contribution in [2.75, 3.05) is 6.54 Å². The Balaban J connectivity index is 2.27. The van der Waals surface area contributed by atoms with E-state index >= 15 is 0 Å². The van der Waals surface area contributed by atoms with Crippen molar-refractivity contribution in [3.05, 3.63) is 34.1 Å². The van der Waals surface area contributed by atoms with E-state index in [1.165, 1.54) is 31.7 Å². The zero-order valence-electron chi connectivity index (χ0n) is 11.8. The summed E-state index contributed by atoms with van der Waals surface area (Å²) in [6.45, 7) is 5.61. The van der Waals surface area contributed by atoms with Crippen molar-refractivity contribution in [3.8, 4) is 0 Å². The van der Waals surface area contributed by atoms with Crippen LogP contribution in [0.25, 0.3) is 0 Å². The van der Waals surface area contributed by atoms with Gasteiger partial charge in [0.25, 0.3) is 0 Å². The molecule has 0 radical (unpaired) electrons. The lowest BCUT2D eigenvalue weighted by Gasteiger charge is -2.38. The van der Waals surface area contributed by atoms with E-state index in [0.29, 0.717) is 10.4 Å². The maximum Gasteiger partial charge on any atom is 0.137 e. The second-order valence-electron chi connectivity index (χ2n) is 5.94. The van der Waals surface area contributed by atoms with Crippen LogP contribution in [0.1, 0.15) is 45.1 Å². The molecule has 1 nitrogen and oxygen atoms in total. The van der Waals surface area contributed by atoms with Crippen LogP contribution in [0.2, 0.25) is 0 Å². The fourth-order valence-corrected chi connectivity index (χ4v) is 3.45. The summed E-state index contributed by atoms with van der Waals surface area (Å²) in [6, 6.07) is 5.35. The van der Waals surface area contributed by atoms with E-state index < -0.39 is 0 Å². The molecule has 1 saturated heterocycles. The summed E-state index contributed by atoms with van der Waals surface area (Å²) in [5.41, 5.74) is 1.18. The average Bonchev–Trinajstić information content (AvgIpc) is 2.62. The fourth-order valence-electron chi connectivity index (χ4n) is 3.04. The number of benzene rings is 1. The Kier molecular flexibility index (Phi) is 5.02. The molecule has 3 heteroatoms. The number of rotatable bonds is 3. The van der Waals surface area contributed by atoms with Gasteiger partial charge in [-0.25, -0.2) is 4.39 Å². The molecular weight excluding hydrogens is 305 g/mol. The van der Waals surface area contributed by atoms with Crippen molar-refractivity contribution in [1.29, 1.82) is 0 Å². The van der Waals surface area contributed by atoms with E-state index in [1.807, 2.05) is 6.07 Å². The molecule has 1 aliphatic heterocycles. The highest BCUT2D eigenvalue weighted by Gasteiger charge is 2.34. The molecule has 0 saturated carbocycles. The number of halogens is 2. The standard InChI is InChI=1S/C16H23BrFN/c1-12(2)16(9-4-3-5-10-19-16)11-13-7-6-8-14(18)15(13)17/h6-8,12,19H,3-5,9-11H2,1-2H3. The Morgan fingerprint density at radius 3 is 2.84 bits per heavy atom. The Bertz CT molecular complexity index is 423. The second kappa shape index (κ2) is 6.36. The van der Waals surface area contributed by atoms with Gasteiger partial charge in [0.1, 0.15) is 5.82 Å². The average molecular weight is 328 g/mol. The van der Waals surface area contributed by atoms with Crippen LogP contribution in [0, 0.1) is 11.7 Å². The van der Waals surface area contributed by atoms with Gasteiger partial charge in [-0.2, -0.15) is 0 Å². The SMILES string of the molecule is CC(C)C1(Cc2cccc(F)c2Br)CCCCCN1. The summed E-state index contributed by atoms with van der Waals surface area (Å²) in [5.74, 6) is 0.380. The maximum absolute atomic E-state index is 13.7. The molecule has 19 heavy (non-hydrogen) atoms. The van der Waals surface area contributed by atoms with Gasteiger partial charge in [-0.1, -0.05) is 38.8 Å². The van der Waals surface area contributed by atoms with Gasteiger partial charge in [0.15, 0.2) is 0 Å². The number of nitrogens with one attached hydrogen (secondary N) is 1. The van der Waals surface area contributed by atoms with Crippen molar-refractivity contribution >= 4 is 15.9 Å². The molecule has 2 rings (SSSR count). The largest absolute Gasteiger partial charge is 0.311 e. The molecule has 0 aromatic heterocycles. The number of hydrogen-bond donors (Lipinski definition) is 1. The van der Waals surface area contributed by atoms with Gasteiger partial charge >= 0.3 is 0 Å². The minimum atomic E-state index is -0.162. The van der Waals surface area contributed by atoms with Gasteiger partial charge in [0, 0.05) is 5.54 Å². The molecule has 1 atom stereocenters. The van der Waals surface area contributed by atoms with Gasteiger partial charge in [-0.3, -0.25) is 0 Å². The van der Waals surface area contributed by atoms with Gasteiger partial charge in [0.05, 0.1) is 4.47 Å². The molecule has 1 aliphatic rings. The van der Waals surface area contributed by atoms with E-state index in [0.717, 1.165) is 18.5 Å². The van der Waals surface area contributed by atoms with Crippen LogP contribution in [-0.4, -0.2) is 12.1 Å². The van der Waals surface area contributed by atoms with E-state index in [4.69, 9.17) is 0 Å². The van der Waals surface area contributed by atoms with E-state index in [2.05, 4.69) is 35.1 Å². The van der Waals surface area contributed by atoms with Crippen LogP contribution in [-0.2, 0) is 6.42 Å². The molecule has 1 heterocycles. The Labute approximate surface area is 124 Å². The van der Waals surface area contributed by atoms with Crippen molar-refractivity contribution in [2.45, 2.75) is 51.5 Å². The van der Waals surface area contributed by atoms with Gasteiger partial charge in [-0.05, 0) is 59.3 Å². The molecule has 1 aromatic carbocycles. The quantitative estimate of drug-likeness (QED) is 0.849. The van der Waals surface area contributed by atoms with Crippen LogP contribution < -0.4 is 5.32 Å². The molecular formula is C16H23BrFN. The zero-order valence-corrected chi connectivity index (χ0v) is 13.4. The number of hydrogen-bond acceptors (Lipinski definition) is 1. The van der Waals surface area contributed by atoms with Gasteiger partial charge in [0.2, 0.25) is 0 Å². The first-order valence-electron chi connectivity index (χ1n) is 7.23. The predicted molar refractivity (Wildman–Crippen MR) is 81.8 cm³/mol. The molecule has 1 N–H and O–H groups in total. The first-order chi connectivity index (χ1) is 9.05. The maximum atomic E-state index is 13.7. The van der Waals surface area contributed by atoms with Crippen molar-refractivity contribution in [1.82, 2.24) is 5.32 Å². The van der Waals surface area contributed by atoms with Crippen LogP contribution in [0.3, 0.4) is 0 Å². The van der Waals surface area contributed by atoms with Gasteiger partial charge < -0.3 is 5.32 Å². The van der Waals surface area contributed by atoms with Crippen LogP contribution >= 0.6 is 15.9 Å². The summed E-state index contributed by atoms with van der Waals surface area (Å²) in [7, 11) is 0. The van der Waals surface area contributed by atoms with Crippen molar-refractivity contribution in [3.63, 3.8) is 0 Å². The van der Waals surface area contributed by atoms with Crippen LogP contribution in [0.4, 0.5) is 4.39 Å². The molecule has 106 valence electrons. The zero-order chi connectivity index (χ0) is 13.9. The Hall–Kier alpha value is -0.410. The Morgan fingerprint density at radius 1 is 1.32 bits per heavy atom. The highest BCUT2D eigenvalue weighted by atomic mass is 79.9. The molecule has 1 aromatic rings. The molecule has 1 unspecified atom stereocenters. The lowest BCUT2D eigenvalue weighted by molar-refractivity contribution is 0.225. The summed E-state index contributed by atoms with van der Waals surface area (Å²) in [6.07, 6.45) is 5.87. The minimum absolute atomic E-state index is 0.104. The predicted octanol–water partition coefficient (Wildman–Crippen LogP) is 4.69. The van der Waals surface area contributed by atoms with Crippen LogP contribution in [0.15, 0.2) is 22.7 Å². The topological polar surface area (TPSA) is 12.0 Å². The van der Waals surface area contributed by atoms with Crippen molar-refractivity contribution < 1.29 is 4.39 Å². The van der Waals surface area contributed by atoms with Crippen LogP contribution in [0.5, 0.6) is 0 Å². The summed E-state index contributed by atoms with van der Waals surface area (Å²) in [5, 5.41) is 3.75. The molecule has 0 amide bonds. The summed E-state index contributed by atoms with van der Waals surface area (Å²) < 4.78 is 14.3. The lowest BCUT2D eigenvalue weighted by Crippen LogP contribution is -2.51. The molecule has 1 fully saturated rings. The lowest BCUT2D eigenvalue weighted by atomic mass is 9.77. The molecule has 0 spiro atoms. The van der Waals surface area contributed by atoms with Gasteiger partial charge in [-0.15, -0.1) is 0 Å². The second-order valence-corrected chi connectivity index (χ2v) is 6.73. The third kappa shape index (κ3) is 3.38. The minimum Gasteiger partial charge on any atom is -0.311 e. The third-order valence-electron chi connectivity index (χ3n) is 4.42. The molecule has 0 bridgehead atoms. The third-order valence-corrected chi connectivity index (χ3v) is 5.31. The highest BCUT2D eigenvalue weighted by molar-refractivity contribution is 9.10. The Morgan fingerprint density at radius 2 is 2.11 bits per heavy atom. The fraction of sp³-hybridized carbons (Fsp3) is 0.625. The summed E-state index contributed by atoms with van der Waals surface area (Å²) in [4.78, 5) is 0. The normalized spacial score (nSPS) is 24.5. The summed E-state index contributed by atoms with van der Waals surface area (Å²) >= 11 is 3.40. The smallest absolute Gasteiger partial charge is 0.137 e. The van der Waals surface area contributed by atoms with E-state index in [9.17, 15) is 4.39 Å². The first-order valence-corrected chi connectivity index (χ1v) is 8.02. The monoisotopic (exact) mass is 327 g/mol. The van der Waals surface area contributed by atoms with E-state index in [-0.39, 0.29) is 11.4 Å².